The number of hydrogen-bond donors (Lipinski definition) is 1. The van der Waals surface area contributed by atoms with Gasteiger partial charge in [-0.15, -0.1) is 0 Å². The SMILES string of the molecule is Cc1cc(Sc2cccc(Br)c2)ccc1C(=O)O. The summed E-state index contributed by atoms with van der Waals surface area (Å²) in [4.78, 5) is 13.1. The van der Waals surface area contributed by atoms with Crippen molar-refractivity contribution < 1.29 is 9.90 Å². The first-order valence-electron chi connectivity index (χ1n) is 5.33. The summed E-state index contributed by atoms with van der Waals surface area (Å²) in [5.41, 5.74) is 1.14. The van der Waals surface area contributed by atoms with Crippen LogP contribution in [-0.4, -0.2) is 11.1 Å². The number of aromatic carboxylic acids is 1. The van der Waals surface area contributed by atoms with E-state index in [1.165, 1.54) is 0 Å². The number of carboxylic acids is 1. The lowest BCUT2D eigenvalue weighted by Gasteiger charge is -2.05. The zero-order valence-corrected chi connectivity index (χ0v) is 12.1. The number of halogens is 1. The summed E-state index contributed by atoms with van der Waals surface area (Å²) in [6.45, 7) is 1.81. The number of carbonyl (C=O) groups is 1. The van der Waals surface area contributed by atoms with Crippen LogP contribution in [0.5, 0.6) is 0 Å². The van der Waals surface area contributed by atoms with E-state index >= 15 is 0 Å². The lowest BCUT2D eigenvalue weighted by atomic mass is 10.1. The molecule has 0 amide bonds. The third kappa shape index (κ3) is 3.15. The maximum atomic E-state index is 10.9. The molecule has 4 heteroatoms. The summed E-state index contributed by atoms with van der Waals surface area (Å²) in [6.07, 6.45) is 0. The van der Waals surface area contributed by atoms with Gasteiger partial charge in [0.05, 0.1) is 5.56 Å². The van der Waals surface area contributed by atoms with E-state index < -0.39 is 5.97 Å². The minimum atomic E-state index is -0.883. The van der Waals surface area contributed by atoms with E-state index in [4.69, 9.17) is 5.11 Å². The van der Waals surface area contributed by atoms with Gasteiger partial charge in [0, 0.05) is 14.3 Å². The minimum absolute atomic E-state index is 0.355. The molecule has 2 aromatic carbocycles. The largest absolute Gasteiger partial charge is 0.478 e. The van der Waals surface area contributed by atoms with E-state index in [1.807, 2.05) is 43.3 Å². The third-order valence-electron chi connectivity index (χ3n) is 2.46. The lowest BCUT2D eigenvalue weighted by Crippen LogP contribution is -1.98. The highest BCUT2D eigenvalue weighted by atomic mass is 79.9. The predicted octanol–water partition coefficient (Wildman–Crippen LogP) is 4.61. The van der Waals surface area contributed by atoms with Crippen LogP contribution < -0.4 is 0 Å². The minimum Gasteiger partial charge on any atom is -0.478 e. The molecule has 92 valence electrons. The van der Waals surface area contributed by atoms with E-state index in [2.05, 4.69) is 15.9 Å². The predicted molar refractivity (Wildman–Crippen MR) is 76.4 cm³/mol. The van der Waals surface area contributed by atoms with Gasteiger partial charge >= 0.3 is 5.97 Å². The Balaban J connectivity index is 2.25. The molecule has 2 aromatic rings. The first-order valence-corrected chi connectivity index (χ1v) is 6.94. The molecule has 0 aromatic heterocycles. The summed E-state index contributed by atoms with van der Waals surface area (Å²) in [5.74, 6) is -0.883. The van der Waals surface area contributed by atoms with Crippen LogP contribution in [0.15, 0.2) is 56.7 Å². The first-order chi connectivity index (χ1) is 8.56. The van der Waals surface area contributed by atoms with Crippen LogP contribution in [0.1, 0.15) is 15.9 Å². The van der Waals surface area contributed by atoms with Crippen molar-refractivity contribution in [2.75, 3.05) is 0 Å². The molecule has 2 rings (SSSR count). The number of rotatable bonds is 3. The Morgan fingerprint density at radius 1 is 1.17 bits per heavy atom. The molecule has 0 fully saturated rings. The number of aryl methyl sites for hydroxylation is 1. The third-order valence-corrected chi connectivity index (χ3v) is 3.93. The van der Waals surface area contributed by atoms with Gasteiger partial charge in [0.25, 0.3) is 0 Å². The molecule has 0 heterocycles. The summed E-state index contributed by atoms with van der Waals surface area (Å²) >= 11 is 5.04. The number of benzene rings is 2. The topological polar surface area (TPSA) is 37.3 Å². The van der Waals surface area contributed by atoms with Crippen LogP contribution in [0.25, 0.3) is 0 Å². The Kier molecular flexibility index (Phi) is 4.09. The van der Waals surface area contributed by atoms with Crippen molar-refractivity contribution >= 4 is 33.7 Å². The standard InChI is InChI=1S/C14H11BrO2S/c1-9-7-12(5-6-13(9)14(16)17)18-11-4-2-3-10(15)8-11/h2-8H,1H3,(H,16,17). The maximum Gasteiger partial charge on any atom is 0.335 e. The van der Waals surface area contributed by atoms with Gasteiger partial charge in [0.15, 0.2) is 0 Å². The average Bonchev–Trinajstić information content (AvgIpc) is 2.28. The molecule has 18 heavy (non-hydrogen) atoms. The molecule has 0 saturated carbocycles. The second-order valence-corrected chi connectivity index (χ2v) is 5.90. The van der Waals surface area contributed by atoms with Gasteiger partial charge in [-0.2, -0.15) is 0 Å². The number of hydrogen-bond acceptors (Lipinski definition) is 2. The molecule has 0 aliphatic carbocycles. The Morgan fingerprint density at radius 2 is 1.89 bits per heavy atom. The molecule has 0 aliphatic heterocycles. The van der Waals surface area contributed by atoms with Crippen LogP contribution in [0.3, 0.4) is 0 Å². The quantitative estimate of drug-likeness (QED) is 0.896. The van der Waals surface area contributed by atoms with Crippen molar-refractivity contribution in [2.45, 2.75) is 16.7 Å². The van der Waals surface area contributed by atoms with Gasteiger partial charge in [-0.05, 0) is 48.9 Å². The highest BCUT2D eigenvalue weighted by Crippen LogP contribution is 2.30. The summed E-state index contributed by atoms with van der Waals surface area (Å²) in [6, 6.07) is 13.4. The molecule has 0 unspecified atom stereocenters. The van der Waals surface area contributed by atoms with E-state index in [0.717, 1.165) is 19.8 Å². The average molecular weight is 323 g/mol. The Bertz CT molecular complexity index is 596. The Hall–Kier alpha value is -1.26. The van der Waals surface area contributed by atoms with Crippen molar-refractivity contribution in [3.63, 3.8) is 0 Å². The molecule has 2 nitrogen and oxygen atoms in total. The summed E-state index contributed by atoms with van der Waals surface area (Å²) in [5, 5.41) is 8.97. The molecule has 0 bridgehead atoms. The van der Waals surface area contributed by atoms with Gasteiger partial charge in [-0.3, -0.25) is 0 Å². The van der Waals surface area contributed by atoms with Gasteiger partial charge in [-0.1, -0.05) is 33.8 Å². The summed E-state index contributed by atoms with van der Waals surface area (Å²) in [7, 11) is 0. The van der Waals surface area contributed by atoms with Crippen molar-refractivity contribution in [1.82, 2.24) is 0 Å². The van der Waals surface area contributed by atoms with Crippen LogP contribution >= 0.6 is 27.7 Å². The second-order valence-electron chi connectivity index (χ2n) is 3.84. The van der Waals surface area contributed by atoms with E-state index in [9.17, 15) is 4.79 Å². The van der Waals surface area contributed by atoms with Crippen LogP contribution in [0.2, 0.25) is 0 Å². The zero-order chi connectivity index (χ0) is 13.1. The number of carboxylic acid groups (broad SMARTS) is 1. The molecular formula is C14H11BrO2S. The second kappa shape index (κ2) is 5.59. The fourth-order valence-corrected chi connectivity index (χ4v) is 3.13. The van der Waals surface area contributed by atoms with Crippen molar-refractivity contribution in [3.8, 4) is 0 Å². The van der Waals surface area contributed by atoms with E-state index in [0.29, 0.717) is 5.56 Å². The monoisotopic (exact) mass is 322 g/mol. The normalized spacial score (nSPS) is 10.3. The Labute approximate surface area is 118 Å². The fourth-order valence-electron chi connectivity index (χ4n) is 1.61. The molecule has 0 saturated heterocycles. The van der Waals surface area contributed by atoms with Gasteiger partial charge < -0.3 is 5.11 Å². The van der Waals surface area contributed by atoms with Crippen molar-refractivity contribution in [1.29, 1.82) is 0 Å². The van der Waals surface area contributed by atoms with Crippen LogP contribution in [0, 0.1) is 6.92 Å². The summed E-state index contributed by atoms with van der Waals surface area (Å²) < 4.78 is 1.03. The van der Waals surface area contributed by atoms with Crippen molar-refractivity contribution in [2.24, 2.45) is 0 Å². The fraction of sp³-hybridized carbons (Fsp3) is 0.0714. The first kappa shape index (κ1) is 13.2. The lowest BCUT2D eigenvalue weighted by molar-refractivity contribution is 0.0696. The molecule has 0 aliphatic rings. The van der Waals surface area contributed by atoms with E-state index in [1.54, 1.807) is 17.8 Å². The zero-order valence-electron chi connectivity index (χ0n) is 9.68. The Morgan fingerprint density at radius 3 is 2.50 bits per heavy atom. The molecule has 0 atom stereocenters. The highest BCUT2D eigenvalue weighted by Gasteiger charge is 2.07. The maximum absolute atomic E-state index is 10.9. The highest BCUT2D eigenvalue weighted by molar-refractivity contribution is 9.10. The molecular weight excluding hydrogens is 312 g/mol. The molecule has 1 N–H and O–H groups in total. The van der Waals surface area contributed by atoms with Crippen LogP contribution in [0.4, 0.5) is 0 Å². The van der Waals surface area contributed by atoms with Crippen LogP contribution in [-0.2, 0) is 0 Å². The van der Waals surface area contributed by atoms with E-state index in [-0.39, 0.29) is 0 Å². The molecule has 0 spiro atoms. The van der Waals surface area contributed by atoms with Gasteiger partial charge in [0.2, 0.25) is 0 Å². The van der Waals surface area contributed by atoms with Gasteiger partial charge in [-0.25, -0.2) is 4.79 Å². The molecule has 0 radical (unpaired) electrons. The van der Waals surface area contributed by atoms with Crippen molar-refractivity contribution in [3.05, 3.63) is 58.1 Å². The van der Waals surface area contributed by atoms with Gasteiger partial charge in [0.1, 0.15) is 0 Å². The smallest absolute Gasteiger partial charge is 0.335 e.